The predicted molar refractivity (Wildman–Crippen MR) is 124 cm³/mol. The summed E-state index contributed by atoms with van der Waals surface area (Å²) in [5.74, 6) is -3.22. The molecular weight excluding hydrogens is 456 g/mol. The van der Waals surface area contributed by atoms with E-state index in [9.17, 15) is 19.2 Å². The first kappa shape index (κ1) is 25.4. The number of nitrogens with zero attached hydrogens (tertiary/aromatic N) is 3. The summed E-state index contributed by atoms with van der Waals surface area (Å²) < 4.78 is 0. The summed E-state index contributed by atoms with van der Waals surface area (Å²) in [6.07, 6.45) is -1.71. The number of fused-ring (bicyclic) bond motifs is 1. The number of pyridine rings is 1. The smallest absolute Gasteiger partial charge is 0.305 e. The molecule has 1 aliphatic rings. The van der Waals surface area contributed by atoms with E-state index in [1.165, 1.54) is 0 Å². The van der Waals surface area contributed by atoms with Gasteiger partial charge in [-0.15, -0.1) is 0 Å². The molecule has 0 saturated carbocycles. The highest BCUT2D eigenvalue weighted by Gasteiger charge is 2.36. The van der Waals surface area contributed by atoms with Gasteiger partial charge in [-0.3, -0.25) is 19.2 Å². The number of Topliss-reactive ketones (excluding diaryl/α,β-unsaturated/α-hetero) is 1. The third-order valence-electron chi connectivity index (χ3n) is 5.45. The molecule has 2 unspecified atom stereocenters. The lowest BCUT2D eigenvalue weighted by Crippen LogP contribution is -2.48. The maximum Gasteiger partial charge on any atom is 0.305 e. The van der Waals surface area contributed by atoms with Gasteiger partial charge in [0.1, 0.15) is 18.3 Å². The third-order valence-corrected chi connectivity index (χ3v) is 5.45. The molecule has 1 aliphatic heterocycles. The van der Waals surface area contributed by atoms with E-state index in [-0.39, 0.29) is 18.0 Å². The quantitative estimate of drug-likeness (QED) is 0.351. The number of benzene rings is 1. The molecule has 1 aromatic heterocycles. The Morgan fingerprint density at radius 2 is 1.91 bits per heavy atom. The van der Waals surface area contributed by atoms with Crippen LogP contribution in [0.5, 0.6) is 0 Å². The fourth-order valence-electron chi connectivity index (χ4n) is 3.64. The summed E-state index contributed by atoms with van der Waals surface area (Å²) >= 11 is 0. The number of carboxylic acid groups (broad SMARTS) is 1. The third kappa shape index (κ3) is 6.43. The van der Waals surface area contributed by atoms with Gasteiger partial charge in [-0.1, -0.05) is 43.3 Å². The van der Waals surface area contributed by atoms with E-state index in [1.807, 2.05) is 38.1 Å². The van der Waals surface area contributed by atoms with Crippen LogP contribution in [0.15, 0.2) is 46.7 Å². The molecule has 12 heteroatoms. The van der Waals surface area contributed by atoms with Crippen molar-refractivity contribution in [3.05, 3.63) is 42.1 Å². The molecular formula is C23H26N6O6. The van der Waals surface area contributed by atoms with Gasteiger partial charge in [-0.05, 0) is 18.1 Å². The zero-order valence-corrected chi connectivity index (χ0v) is 19.2. The Bertz CT molecular complexity index is 1180. The SMILES string of the molecule is CC(C)C(NC(=O)c1ccc2ccccc2n1)C1=NOC(C(=O)N[C@@H](CC(=O)O)C(=O)CN=N)C1. The fourth-order valence-corrected chi connectivity index (χ4v) is 3.64. The first-order valence-electron chi connectivity index (χ1n) is 11.0. The van der Waals surface area contributed by atoms with Crippen LogP contribution in [-0.4, -0.2) is 64.1 Å². The normalized spacial score (nSPS) is 16.7. The highest BCUT2D eigenvalue weighted by molar-refractivity contribution is 6.02. The standard InChI is InChI=1S/C23H26N6O6/c1-12(2)21(28-22(33)15-8-7-13-5-3-4-6-14(13)26-15)17-9-19(35-29-17)23(34)27-16(10-20(31)32)18(30)11-25-24/h3-8,12,16,19,21,24H,9-11H2,1-2H3,(H,27,34)(H,28,33)(H,31,32)/t16-,19?,21?/m0/s1. The minimum atomic E-state index is -1.35. The van der Waals surface area contributed by atoms with Gasteiger partial charge in [-0.25, -0.2) is 10.5 Å². The molecule has 0 fully saturated rings. The van der Waals surface area contributed by atoms with Crippen LogP contribution >= 0.6 is 0 Å². The number of aromatic nitrogens is 1. The van der Waals surface area contributed by atoms with E-state index in [4.69, 9.17) is 15.5 Å². The van der Waals surface area contributed by atoms with Gasteiger partial charge < -0.3 is 20.6 Å². The van der Waals surface area contributed by atoms with Crippen LogP contribution < -0.4 is 10.6 Å². The molecule has 2 heterocycles. The van der Waals surface area contributed by atoms with Crippen molar-refractivity contribution in [1.29, 1.82) is 5.53 Å². The Morgan fingerprint density at radius 3 is 2.60 bits per heavy atom. The maximum absolute atomic E-state index is 12.9. The van der Waals surface area contributed by atoms with Crippen LogP contribution in [0.1, 0.15) is 37.2 Å². The molecule has 2 amide bonds. The number of para-hydroxylation sites is 1. The van der Waals surface area contributed by atoms with Gasteiger partial charge in [0.15, 0.2) is 5.78 Å². The van der Waals surface area contributed by atoms with E-state index in [2.05, 4.69) is 25.9 Å². The fraction of sp³-hybridized carbons (Fsp3) is 0.391. The molecule has 0 radical (unpaired) electrons. The first-order chi connectivity index (χ1) is 16.7. The molecule has 35 heavy (non-hydrogen) atoms. The van der Waals surface area contributed by atoms with Gasteiger partial charge in [0.05, 0.1) is 23.7 Å². The Labute approximate surface area is 200 Å². The van der Waals surface area contributed by atoms with Crippen LogP contribution in [-0.2, 0) is 19.2 Å². The molecule has 0 saturated heterocycles. The van der Waals surface area contributed by atoms with Crippen molar-refractivity contribution < 1.29 is 29.1 Å². The molecule has 0 aliphatic carbocycles. The molecule has 1 aromatic carbocycles. The molecule has 12 nitrogen and oxygen atoms in total. The van der Waals surface area contributed by atoms with E-state index < -0.39 is 54.7 Å². The van der Waals surface area contributed by atoms with Gasteiger partial charge in [0, 0.05) is 11.8 Å². The van der Waals surface area contributed by atoms with Gasteiger partial charge in [0.2, 0.25) is 6.10 Å². The predicted octanol–water partition coefficient (Wildman–Crippen LogP) is 1.69. The Balaban J connectivity index is 1.66. The molecule has 3 atom stereocenters. The van der Waals surface area contributed by atoms with E-state index in [0.29, 0.717) is 11.2 Å². The zero-order chi connectivity index (χ0) is 25.5. The average Bonchev–Trinajstić information content (AvgIpc) is 3.31. The Hall–Kier alpha value is -4.22. The zero-order valence-electron chi connectivity index (χ0n) is 19.2. The van der Waals surface area contributed by atoms with Crippen molar-refractivity contribution in [1.82, 2.24) is 15.6 Å². The topological polar surface area (TPSA) is 183 Å². The van der Waals surface area contributed by atoms with Crippen LogP contribution in [0, 0.1) is 11.4 Å². The second kappa shape index (κ2) is 11.3. The number of aliphatic carboxylic acids is 1. The van der Waals surface area contributed by atoms with E-state index in [0.717, 1.165) is 5.39 Å². The molecule has 3 rings (SSSR count). The molecule has 2 aromatic rings. The number of ketones is 1. The number of rotatable bonds is 11. The highest BCUT2D eigenvalue weighted by Crippen LogP contribution is 2.19. The van der Waals surface area contributed by atoms with Gasteiger partial charge >= 0.3 is 5.97 Å². The Morgan fingerprint density at radius 1 is 1.17 bits per heavy atom. The van der Waals surface area contributed by atoms with E-state index in [1.54, 1.807) is 12.1 Å². The number of carbonyl (C=O) groups excluding carboxylic acids is 3. The number of oxime groups is 1. The number of hydrogen-bond acceptors (Lipinski definition) is 9. The summed E-state index contributed by atoms with van der Waals surface area (Å²) in [6, 6.07) is 8.96. The van der Waals surface area contributed by atoms with Gasteiger partial charge in [-0.2, -0.15) is 5.11 Å². The van der Waals surface area contributed by atoms with Crippen LogP contribution in [0.3, 0.4) is 0 Å². The number of nitrogens with one attached hydrogen (secondary N) is 3. The minimum absolute atomic E-state index is 0.0386. The summed E-state index contributed by atoms with van der Waals surface area (Å²) in [7, 11) is 0. The summed E-state index contributed by atoms with van der Waals surface area (Å²) in [4.78, 5) is 58.2. The lowest BCUT2D eigenvalue weighted by molar-refractivity contribution is -0.141. The second-order valence-electron chi connectivity index (χ2n) is 8.41. The molecule has 184 valence electrons. The van der Waals surface area contributed by atoms with Crippen molar-refractivity contribution in [2.24, 2.45) is 16.2 Å². The van der Waals surface area contributed by atoms with Crippen molar-refractivity contribution in [3.63, 3.8) is 0 Å². The number of hydrogen-bond donors (Lipinski definition) is 4. The Kier molecular flexibility index (Phi) is 8.18. The number of amides is 2. The number of carbonyl (C=O) groups is 4. The maximum atomic E-state index is 12.9. The average molecular weight is 482 g/mol. The molecule has 0 bridgehead atoms. The summed E-state index contributed by atoms with van der Waals surface area (Å²) in [5, 5.41) is 22.1. The van der Waals surface area contributed by atoms with Gasteiger partial charge in [0.25, 0.3) is 11.8 Å². The summed E-state index contributed by atoms with van der Waals surface area (Å²) in [5.41, 5.74) is 8.14. The highest BCUT2D eigenvalue weighted by atomic mass is 16.6. The first-order valence-corrected chi connectivity index (χ1v) is 11.0. The van der Waals surface area contributed by atoms with Crippen LogP contribution in [0.2, 0.25) is 0 Å². The van der Waals surface area contributed by atoms with Crippen molar-refractivity contribution in [3.8, 4) is 0 Å². The summed E-state index contributed by atoms with van der Waals surface area (Å²) in [6.45, 7) is 3.21. The van der Waals surface area contributed by atoms with Crippen LogP contribution in [0.4, 0.5) is 0 Å². The lowest BCUT2D eigenvalue weighted by atomic mass is 9.95. The minimum Gasteiger partial charge on any atom is -0.481 e. The lowest BCUT2D eigenvalue weighted by Gasteiger charge is -2.22. The monoisotopic (exact) mass is 482 g/mol. The van der Waals surface area contributed by atoms with Crippen molar-refractivity contribution in [2.45, 2.75) is 44.9 Å². The second-order valence-corrected chi connectivity index (χ2v) is 8.41. The largest absolute Gasteiger partial charge is 0.481 e. The van der Waals surface area contributed by atoms with E-state index >= 15 is 0 Å². The van der Waals surface area contributed by atoms with Crippen molar-refractivity contribution in [2.75, 3.05) is 6.54 Å². The molecule has 4 N–H and O–H groups in total. The van der Waals surface area contributed by atoms with Crippen molar-refractivity contribution >= 4 is 40.2 Å². The molecule has 0 spiro atoms. The number of carboxylic acids is 1. The van der Waals surface area contributed by atoms with Crippen LogP contribution in [0.25, 0.3) is 10.9 Å².